The number of carboxylic acid groups (broad SMARTS) is 1. The second kappa shape index (κ2) is 5.64. The van der Waals surface area contributed by atoms with Crippen molar-refractivity contribution in [2.75, 3.05) is 11.4 Å². The minimum Gasteiger partial charge on any atom is -0.478 e. The Balaban J connectivity index is 2.58. The Bertz CT molecular complexity index is 647. The summed E-state index contributed by atoms with van der Waals surface area (Å²) in [6.07, 6.45) is 0.908. The summed E-state index contributed by atoms with van der Waals surface area (Å²) in [4.78, 5) is 16.4. The third-order valence-electron chi connectivity index (χ3n) is 2.78. The van der Waals surface area contributed by atoms with E-state index < -0.39 is 17.6 Å². The van der Waals surface area contributed by atoms with Gasteiger partial charge in [-0.25, -0.2) is 18.6 Å². The Morgan fingerprint density at radius 3 is 2.65 bits per heavy atom. The lowest BCUT2D eigenvalue weighted by Gasteiger charge is -2.23. The van der Waals surface area contributed by atoms with Crippen LogP contribution in [-0.2, 0) is 0 Å². The molecule has 0 saturated heterocycles. The van der Waals surface area contributed by atoms with Gasteiger partial charge in [-0.3, -0.25) is 0 Å². The Morgan fingerprint density at radius 2 is 2.05 bits per heavy atom. The second-order valence-electron chi connectivity index (χ2n) is 4.03. The maximum Gasteiger partial charge on any atom is 0.339 e. The molecule has 0 fully saturated rings. The van der Waals surface area contributed by atoms with Crippen molar-refractivity contribution in [3.05, 3.63) is 53.7 Å². The van der Waals surface area contributed by atoms with E-state index in [0.29, 0.717) is 6.54 Å². The van der Waals surface area contributed by atoms with Gasteiger partial charge in [0.05, 0.1) is 11.9 Å². The van der Waals surface area contributed by atoms with E-state index in [1.54, 1.807) is 13.0 Å². The molecule has 6 heteroatoms. The van der Waals surface area contributed by atoms with Gasteiger partial charge in [-0.2, -0.15) is 0 Å². The molecule has 1 aromatic heterocycles. The highest BCUT2D eigenvalue weighted by atomic mass is 19.1. The SMILES string of the molecule is CCN(c1ccccc1F)c1ncc(F)cc1C(=O)O. The number of benzene rings is 1. The lowest BCUT2D eigenvalue weighted by molar-refractivity contribution is 0.0696. The number of nitrogens with zero attached hydrogens (tertiary/aromatic N) is 2. The molecule has 2 aromatic rings. The van der Waals surface area contributed by atoms with Crippen LogP contribution in [0, 0.1) is 11.6 Å². The third-order valence-corrected chi connectivity index (χ3v) is 2.78. The molecule has 1 N–H and O–H groups in total. The van der Waals surface area contributed by atoms with Gasteiger partial charge in [0.2, 0.25) is 0 Å². The van der Waals surface area contributed by atoms with E-state index in [0.717, 1.165) is 12.3 Å². The first-order chi connectivity index (χ1) is 9.54. The molecule has 0 saturated carbocycles. The first kappa shape index (κ1) is 13.9. The zero-order valence-electron chi connectivity index (χ0n) is 10.7. The number of para-hydroxylation sites is 1. The monoisotopic (exact) mass is 278 g/mol. The number of anilines is 2. The molecule has 1 heterocycles. The van der Waals surface area contributed by atoms with Crippen LogP contribution in [0.25, 0.3) is 0 Å². The largest absolute Gasteiger partial charge is 0.478 e. The van der Waals surface area contributed by atoms with Crippen LogP contribution in [0.1, 0.15) is 17.3 Å². The average Bonchev–Trinajstić information content (AvgIpc) is 2.42. The van der Waals surface area contributed by atoms with Crippen LogP contribution < -0.4 is 4.90 Å². The fourth-order valence-electron chi connectivity index (χ4n) is 1.91. The summed E-state index contributed by atoms with van der Waals surface area (Å²) in [5.41, 5.74) is -0.119. The van der Waals surface area contributed by atoms with Crippen LogP contribution in [0.2, 0.25) is 0 Å². The van der Waals surface area contributed by atoms with Crippen molar-refractivity contribution in [1.29, 1.82) is 0 Å². The number of halogens is 2. The Morgan fingerprint density at radius 1 is 1.35 bits per heavy atom. The molecule has 104 valence electrons. The third kappa shape index (κ3) is 2.59. The normalized spacial score (nSPS) is 10.3. The van der Waals surface area contributed by atoms with Crippen molar-refractivity contribution < 1.29 is 18.7 Å². The van der Waals surface area contributed by atoms with Crippen molar-refractivity contribution in [2.45, 2.75) is 6.92 Å². The second-order valence-corrected chi connectivity index (χ2v) is 4.03. The van der Waals surface area contributed by atoms with Gasteiger partial charge in [-0.15, -0.1) is 0 Å². The maximum absolute atomic E-state index is 13.8. The van der Waals surface area contributed by atoms with E-state index in [4.69, 9.17) is 5.11 Å². The van der Waals surface area contributed by atoms with Crippen LogP contribution in [0.5, 0.6) is 0 Å². The predicted molar refractivity (Wildman–Crippen MR) is 70.2 cm³/mol. The molecule has 0 amide bonds. The van der Waals surface area contributed by atoms with Crippen molar-refractivity contribution in [1.82, 2.24) is 4.98 Å². The summed E-state index contributed by atoms with van der Waals surface area (Å²) in [6, 6.07) is 6.81. The topological polar surface area (TPSA) is 53.4 Å². The molecule has 20 heavy (non-hydrogen) atoms. The summed E-state index contributed by atoms with van der Waals surface area (Å²) in [5.74, 6) is -2.57. The number of carboxylic acids is 1. The minimum absolute atomic E-state index is 0.00602. The van der Waals surface area contributed by atoms with E-state index in [2.05, 4.69) is 4.98 Å². The molecular weight excluding hydrogens is 266 g/mol. The molecule has 0 aliphatic rings. The summed E-state index contributed by atoms with van der Waals surface area (Å²) >= 11 is 0. The van der Waals surface area contributed by atoms with Crippen molar-refractivity contribution >= 4 is 17.5 Å². The van der Waals surface area contributed by atoms with Crippen LogP contribution in [-0.4, -0.2) is 22.6 Å². The predicted octanol–water partition coefficient (Wildman–Crippen LogP) is 3.22. The zero-order chi connectivity index (χ0) is 14.7. The highest BCUT2D eigenvalue weighted by Crippen LogP contribution is 2.28. The first-order valence-electron chi connectivity index (χ1n) is 5.95. The van der Waals surface area contributed by atoms with E-state index in [1.807, 2.05) is 0 Å². The van der Waals surface area contributed by atoms with Gasteiger partial charge < -0.3 is 10.0 Å². The first-order valence-corrected chi connectivity index (χ1v) is 5.95. The molecule has 2 rings (SSSR count). The lowest BCUT2D eigenvalue weighted by Crippen LogP contribution is -2.21. The minimum atomic E-state index is -1.32. The van der Waals surface area contributed by atoms with Crippen LogP contribution in [0.3, 0.4) is 0 Å². The molecule has 0 aliphatic carbocycles. The summed E-state index contributed by atoms with van der Waals surface area (Å²) in [7, 11) is 0. The standard InChI is InChI=1S/C14H12F2N2O2/c1-2-18(12-6-4-3-5-11(12)16)13-10(14(19)20)7-9(15)8-17-13/h3-8H,2H2,1H3,(H,19,20). The van der Waals surface area contributed by atoms with Gasteiger partial charge in [-0.1, -0.05) is 12.1 Å². The van der Waals surface area contributed by atoms with Crippen molar-refractivity contribution in [3.63, 3.8) is 0 Å². The number of hydrogen-bond acceptors (Lipinski definition) is 3. The maximum atomic E-state index is 13.8. The Hall–Kier alpha value is -2.50. The molecule has 0 radical (unpaired) electrons. The summed E-state index contributed by atoms with van der Waals surface area (Å²) in [6.45, 7) is 2.02. The highest BCUT2D eigenvalue weighted by Gasteiger charge is 2.20. The molecular formula is C14H12F2N2O2. The van der Waals surface area contributed by atoms with E-state index >= 15 is 0 Å². The smallest absolute Gasteiger partial charge is 0.339 e. The molecule has 4 nitrogen and oxygen atoms in total. The lowest BCUT2D eigenvalue weighted by atomic mass is 10.2. The quantitative estimate of drug-likeness (QED) is 0.933. The van der Waals surface area contributed by atoms with Gasteiger partial charge in [0, 0.05) is 6.54 Å². The van der Waals surface area contributed by atoms with Crippen LogP contribution in [0.4, 0.5) is 20.3 Å². The van der Waals surface area contributed by atoms with Gasteiger partial charge >= 0.3 is 5.97 Å². The summed E-state index contributed by atoms with van der Waals surface area (Å²) < 4.78 is 27.0. The van der Waals surface area contributed by atoms with E-state index in [-0.39, 0.29) is 17.1 Å². The number of pyridine rings is 1. The van der Waals surface area contributed by atoms with Gasteiger partial charge in [0.15, 0.2) is 0 Å². The number of aromatic nitrogens is 1. The molecule has 1 aromatic carbocycles. The van der Waals surface area contributed by atoms with E-state index in [9.17, 15) is 13.6 Å². The van der Waals surface area contributed by atoms with Crippen LogP contribution >= 0.6 is 0 Å². The highest BCUT2D eigenvalue weighted by molar-refractivity contribution is 5.94. The van der Waals surface area contributed by atoms with Crippen LogP contribution in [0.15, 0.2) is 36.5 Å². The number of carbonyl (C=O) groups is 1. The zero-order valence-corrected chi connectivity index (χ0v) is 10.7. The molecule has 0 aliphatic heterocycles. The van der Waals surface area contributed by atoms with Gasteiger partial charge in [-0.05, 0) is 25.1 Å². The average molecular weight is 278 g/mol. The number of hydrogen-bond donors (Lipinski definition) is 1. The fourth-order valence-corrected chi connectivity index (χ4v) is 1.91. The molecule has 0 unspecified atom stereocenters. The molecule has 0 bridgehead atoms. The number of rotatable bonds is 4. The van der Waals surface area contributed by atoms with Crippen molar-refractivity contribution in [3.8, 4) is 0 Å². The van der Waals surface area contributed by atoms with E-state index in [1.165, 1.54) is 23.1 Å². The summed E-state index contributed by atoms with van der Waals surface area (Å²) in [5, 5.41) is 9.12. The van der Waals surface area contributed by atoms with Gasteiger partial charge in [0.1, 0.15) is 23.0 Å². The Labute approximate surface area is 114 Å². The Kier molecular flexibility index (Phi) is 3.93. The van der Waals surface area contributed by atoms with Gasteiger partial charge in [0.25, 0.3) is 0 Å². The van der Waals surface area contributed by atoms with Crippen molar-refractivity contribution in [2.24, 2.45) is 0 Å². The number of aromatic carboxylic acids is 1. The molecule has 0 atom stereocenters. The molecule has 0 spiro atoms. The fraction of sp³-hybridized carbons (Fsp3) is 0.143.